The van der Waals surface area contributed by atoms with Crippen molar-refractivity contribution in [3.05, 3.63) is 29.3 Å². The van der Waals surface area contributed by atoms with Crippen LogP contribution in [0.3, 0.4) is 0 Å². The molecule has 1 aromatic rings. The van der Waals surface area contributed by atoms with Crippen LogP contribution < -0.4 is 10.0 Å². The number of ether oxygens (including phenoxy) is 1. The molecule has 0 saturated heterocycles. The third-order valence-electron chi connectivity index (χ3n) is 3.84. The maximum Gasteiger partial charge on any atom is 0.324 e. The number of thioether (sulfide) groups is 1. The van der Waals surface area contributed by atoms with Crippen molar-refractivity contribution < 1.29 is 22.7 Å². The van der Waals surface area contributed by atoms with Gasteiger partial charge in [-0.25, -0.2) is 8.42 Å². The number of hydrogen-bond acceptors (Lipinski definition) is 6. The Morgan fingerprint density at radius 1 is 1.26 bits per heavy atom. The number of carbonyl (C=O) groups is 2. The SMILES string of the molecule is CCNC(=O)[C@H](C)OC(=O)[C@@H](CCSC)NS(=O)(=O)c1cc(C)ccc1C. The van der Waals surface area contributed by atoms with Gasteiger partial charge in [-0.3, -0.25) is 9.59 Å². The number of likely N-dealkylation sites (N-methyl/N-ethyl adjacent to an activating group) is 1. The van der Waals surface area contributed by atoms with Crippen molar-refractivity contribution in [1.29, 1.82) is 0 Å². The Morgan fingerprint density at radius 2 is 1.93 bits per heavy atom. The van der Waals surface area contributed by atoms with Gasteiger partial charge in [-0.05, 0) is 63.3 Å². The number of nitrogens with one attached hydrogen (secondary N) is 2. The van der Waals surface area contributed by atoms with Crippen LogP contribution in [0.25, 0.3) is 0 Å². The smallest absolute Gasteiger partial charge is 0.324 e. The highest BCUT2D eigenvalue weighted by Crippen LogP contribution is 2.18. The molecule has 0 fully saturated rings. The number of aryl methyl sites for hydroxylation is 2. The summed E-state index contributed by atoms with van der Waals surface area (Å²) in [4.78, 5) is 24.4. The summed E-state index contributed by atoms with van der Waals surface area (Å²) in [5.41, 5.74) is 1.38. The monoisotopic (exact) mass is 416 g/mol. The highest BCUT2D eigenvalue weighted by Gasteiger charge is 2.30. The number of benzene rings is 1. The van der Waals surface area contributed by atoms with E-state index in [-0.39, 0.29) is 11.3 Å². The van der Waals surface area contributed by atoms with Crippen LogP contribution in [0.2, 0.25) is 0 Å². The summed E-state index contributed by atoms with van der Waals surface area (Å²) in [6.07, 6.45) is 1.12. The van der Waals surface area contributed by atoms with Gasteiger partial charge in [0.25, 0.3) is 5.91 Å². The average Bonchev–Trinajstić information content (AvgIpc) is 2.60. The van der Waals surface area contributed by atoms with Gasteiger partial charge >= 0.3 is 5.97 Å². The Balaban J connectivity index is 3.00. The summed E-state index contributed by atoms with van der Waals surface area (Å²) in [5.74, 6) is -0.631. The van der Waals surface area contributed by atoms with E-state index >= 15 is 0 Å². The van der Waals surface area contributed by atoms with Crippen LogP contribution in [-0.2, 0) is 24.3 Å². The average molecular weight is 417 g/mol. The van der Waals surface area contributed by atoms with E-state index in [2.05, 4.69) is 10.0 Å². The van der Waals surface area contributed by atoms with Crippen LogP contribution in [-0.4, -0.2) is 51.0 Å². The van der Waals surface area contributed by atoms with Crippen molar-refractivity contribution in [1.82, 2.24) is 10.0 Å². The molecule has 2 atom stereocenters. The molecule has 0 aromatic heterocycles. The molecule has 0 saturated carbocycles. The molecule has 7 nitrogen and oxygen atoms in total. The summed E-state index contributed by atoms with van der Waals surface area (Å²) in [6, 6.07) is 4.03. The first-order valence-corrected chi connectivity index (χ1v) is 11.6. The Hall–Kier alpha value is -1.58. The maximum atomic E-state index is 12.8. The summed E-state index contributed by atoms with van der Waals surface area (Å²) >= 11 is 1.49. The molecule has 1 aromatic carbocycles. The van der Waals surface area contributed by atoms with Gasteiger partial charge in [0.2, 0.25) is 10.0 Å². The Labute approximate surface area is 165 Å². The molecule has 27 heavy (non-hydrogen) atoms. The first kappa shape index (κ1) is 23.5. The van der Waals surface area contributed by atoms with Crippen LogP contribution in [0.5, 0.6) is 0 Å². The fraction of sp³-hybridized carbons (Fsp3) is 0.556. The Bertz CT molecular complexity index is 765. The van der Waals surface area contributed by atoms with Crippen molar-refractivity contribution in [3.8, 4) is 0 Å². The molecule has 0 aliphatic carbocycles. The fourth-order valence-corrected chi connectivity index (χ4v) is 4.36. The van der Waals surface area contributed by atoms with Crippen LogP contribution in [0.15, 0.2) is 23.1 Å². The molecule has 1 amide bonds. The van der Waals surface area contributed by atoms with Gasteiger partial charge in [0.15, 0.2) is 6.10 Å². The molecule has 0 heterocycles. The number of esters is 1. The number of amides is 1. The molecule has 0 unspecified atom stereocenters. The molecule has 0 spiro atoms. The minimum atomic E-state index is -3.92. The summed E-state index contributed by atoms with van der Waals surface area (Å²) in [5, 5.41) is 2.56. The van der Waals surface area contributed by atoms with E-state index < -0.39 is 34.0 Å². The van der Waals surface area contributed by atoms with Gasteiger partial charge in [-0.1, -0.05) is 12.1 Å². The molecule has 152 valence electrons. The molecule has 0 bridgehead atoms. The Morgan fingerprint density at radius 3 is 2.52 bits per heavy atom. The van der Waals surface area contributed by atoms with Gasteiger partial charge < -0.3 is 10.1 Å². The maximum absolute atomic E-state index is 12.8. The topological polar surface area (TPSA) is 102 Å². The Kier molecular flexibility index (Phi) is 9.28. The predicted octanol–water partition coefficient (Wildman–Crippen LogP) is 1.77. The summed E-state index contributed by atoms with van der Waals surface area (Å²) in [6.45, 7) is 7.11. The van der Waals surface area contributed by atoms with E-state index in [4.69, 9.17) is 4.74 Å². The van der Waals surface area contributed by atoms with E-state index in [0.29, 0.717) is 17.9 Å². The molecule has 0 radical (unpaired) electrons. The fourth-order valence-electron chi connectivity index (χ4n) is 2.34. The van der Waals surface area contributed by atoms with E-state index in [1.807, 2.05) is 12.3 Å². The second-order valence-electron chi connectivity index (χ2n) is 6.20. The lowest BCUT2D eigenvalue weighted by molar-refractivity contribution is -0.156. The molecular weight excluding hydrogens is 388 g/mol. The summed E-state index contributed by atoms with van der Waals surface area (Å²) in [7, 11) is -3.92. The van der Waals surface area contributed by atoms with Gasteiger partial charge in [0.1, 0.15) is 6.04 Å². The normalized spacial score (nSPS) is 13.7. The number of carbonyl (C=O) groups excluding carboxylic acids is 2. The first-order chi connectivity index (χ1) is 12.6. The van der Waals surface area contributed by atoms with Gasteiger partial charge in [-0.2, -0.15) is 16.5 Å². The van der Waals surface area contributed by atoms with E-state index in [1.165, 1.54) is 18.7 Å². The number of sulfonamides is 1. The molecule has 9 heteroatoms. The third-order valence-corrected chi connectivity index (χ3v) is 6.10. The van der Waals surface area contributed by atoms with E-state index in [0.717, 1.165) is 5.56 Å². The van der Waals surface area contributed by atoms with Crippen LogP contribution in [0.1, 0.15) is 31.4 Å². The first-order valence-electron chi connectivity index (χ1n) is 8.69. The molecule has 0 aliphatic heterocycles. The van der Waals surface area contributed by atoms with Crippen LogP contribution >= 0.6 is 11.8 Å². The van der Waals surface area contributed by atoms with Gasteiger partial charge in [0, 0.05) is 6.54 Å². The van der Waals surface area contributed by atoms with E-state index in [9.17, 15) is 18.0 Å². The second kappa shape index (κ2) is 10.7. The van der Waals surface area contributed by atoms with Crippen molar-refractivity contribution >= 4 is 33.7 Å². The largest absolute Gasteiger partial charge is 0.451 e. The highest BCUT2D eigenvalue weighted by atomic mass is 32.2. The van der Waals surface area contributed by atoms with Crippen molar-refractivity contribution in [3.63, 3.8) is 0 Å². The summed E-state index contributed by atoms with van der Waals surface area (Å²) < 4.78 is 33.2. The van der Waals surface area contributed by atoms with E-state index in [1.54, 1.807) is 32.9 Å². The minimum Gasteiger partial charge on any atom is -0.451 e. The molecule has 0 aliphatic rings. The zero-order valence-electron chi connectivity index (χ0n) is 16.4. The standard InChI is InChI=1S/C18H28N2O5S2/c1-6-19-17(21)14(4)25-18(22)15(9-10-26-5)20-27(23,24)16-11-12(2)7-8-13(16)3/h7-8,11,14-15,20H,6,9-10H2,1-5H3,(H,19,21)/t14-,15+/m0/s1. The van der Waals surface area contributed by atoms with Crippen molar-refractivity contribution in [2.24, 2.45) is 0 Å². The number of hydrogen-bond donors (Lipinski definition) is 2. The van der Waals surface area contributed by atoms with Crippen LogP contribution in [0.4, 0.5) is 0 Å². The minimum absolute atomic E-state index is 0.126. The lowest BCUT2D eigenvalue weighted by Gasteiger charge is -2.20. The quantitative estimate of drug-likeness (QED) is 0.564. The van der Waals surface area contributed by atoms with Crippen LogP contribution in [0, 0.1) is 13.8 Å². The molecular formula is C18H28N2O5S2. The van der Waals surface area contributed by atoms with Gasteiger partial charge in [0.05, 0.1) is 4.90 Å². The second-order valence-corrected chi connectivity index (χ2v) is 8.87. The van der Waals surface area contributed by atoms with Gasteiger partial charge in [-0.15, -0.1) is 0 Å². The zero-order chi connectivity index (χ0) is 20.6. The lowest BCUT2D eigenvalue weighted by Crippen LogP contribution is -2.45. The van der Waals surface area contributed by atoms with Crippen molar-refractivity contribution in [2.45, 2.75) is 51.2 Å². The molecule has 1 rings (SSSR count). The third kappa shape index (κ3) is 7.15. The highest BCUT2D eigenvalue weighted by molar-refractivity contribution is 7.98. The van der Waals surface area contributed by atoms with Crippen molar-refractivity contribution in [2.75, 3.05) is 18.6 Å². The lowest BCUT2D eigenvalue weighted by atomic mass is 10.2. The number of rotatable bonds is 10. The predicted molar refractivity (Wildman–Crippen MR) is 107 cm³/mol. The zero-order valence-corrected chi connectivity index (χ0v) is 18.0. The molecule has 2 N–H and O–H groups in total.